The van der Waals surface area contributed by atoms with Crippen LogP contribution in [0.25, 0.3) is 0 Å². The first kappa shape index (κ1) is 44.6. The van der Waals surface area contributed by atoms with Crippen molar-refractivity contribution >= 4 is 20.1 Å². The van der Waals surface area contributed by atoms with Crippen LogP contribution in [0.1, 0.15) is 12.8 Å². The molecule has 0 rings (SSSR count). The molecule has 0 aliphatic rings. The van der Waals surface area contributed by atoms with Crippen LogP contribution < -0.4 is 0 Å². The highest BCUT2D eigenvalue weighted by Gasteiger charge is 2.94. The standard InChI is InChI=1S/C19H27F15N2O8S2/c1-36(2,8-12(39)10-38)6-4-11(9-37)35(5-3-7-45(40,41)42)46(43,44)19(33,34)17(28,29)15(24,25)13(20,21)14(22,23)16(26,27)18(30,31)32/h11-12,37-39H,3-10H2,1-2H3/p+1. The van der Waals surface area contributed by atoms with Crippen LogP contribution in [0.5, 0.6) is 0 Å². The molecule has 0 aromatic heterocycles. The van der Waals surface area contributed by atoms with E-state index in [2.05, 4.69) is 0 Å². The highest BCUT2D eigenvalue weighted by molar-refractivity contribution is 7.90. The van der Waals surface area contributed by atoms with Gasteiger partial charge >= 0.3 is 41.0 Å². The van der Waals surface area contributed by atoms with E-state index in [0.717, 1.165) is 0 Å². The first-order valence-corrected chi connectivity index (χ1v) is 15.0. The summed E-state index contributed by atoms with van der Waals surface area (Å²) in [6, 6.07) is -2.54. The van der Waals surface area contributed by atoms with Gasteiger partial charge in [0.05, 0.1) is 45.6 Å². The lowest BCUT2D eigenvalue weighted by Gasteiger charge is -2.42. The maximum atomic E-state index is 14.9. The van der Waals surface area contributed by atoms with E-state index in [4.69, 9.17) is 9.66 Å². The maximum Gasteiger partial charge on any atom is 0.460 e. The number of rotatable bonds is 19. The summed E-state index contributed by atoms with van der Waals surface area (Å²) in [5.41, 5.74) is 0. The molecule has 0 bridgehead atoms. The van der Waals surface area contributed by atoms with E-state index >= 15 is 0 Å². The minimum absolute atomic E-state index is 0.434. The number of quaternary nitrogens is 1. The molecule has 278 valence electrons. The number of alkyl halides is 15. The van der Waals surface area contributed by atoms with Crippen molar-refractivity contribution in [1.82, 2.24) is 4.31 Å². The molecule has 0 amide bonds. The topological polar surface area (TPSA) is 152 Å². The van der Waals surface area contributed by atoms with Gasteiger partial charge in [-0.1, -0.05) is 0 Å². The molecule has 0 saturated heterocycles. The van der Waals surface area contributed by atoms with Crippen molar-refractivity contribution in [3.63, 3.8) is 0 Å². The van der Waals surface area contributed by atoms with Gasteiger partial charge in [-0.2, -0.15) is 78.6 Å². The Morgan fingerprint density at radius 2 is 1.11 bits per heavy atom. The molecule has 46 heavy (non-hydrogen) atoms. The highest BCUT2D eigenvalue weighted by atomic mass is 32.2. The zero-order valence-corrected chi connectivity index (χ0v) is 24.7. The summed E-state index contributed by atoms with van der Waals surface area (Å²) >= 11 is 0. The van der Waals surface area contributed by atoms with Crippen LogP contribution in [0.2, 0.25) is 0 Å². The van der Waals surface area contributed by atoms with Gasteiger partial charge in [0.25, 0.3) is 20.1 Å². The monoisotopic (exact) mass is 761 g/mol. The number of hydrogen-bond donors (Lipinski definition) is 4. The normalized spacial score (nSPS) is 17.0. The van der Waals surface area contributed by atoms with Gasteiger partial charge in [-0.05, 0) is 6.42 Å². The van der Waals surface area contributed by atoms with Crippen molar-refractivity contribution in [3.8, 4) is 0 Å². The van der Waals surface area contributed by atoms with E-state index in [9.17, 15) is 92.9 Å². The lowest BCUT2D eigenvalue weighted by Crippen LogP contribution is -2.74. The van der Waals surface area contributed by atoms with Gasteiger partial charge < -0.3 is 19.8 Å². The molecule has 0 aromatic carbocycles. The van der Waals surface area contributed by atoms with Gasteiger partial charge in [-0.3, -0.25) is 4.55 Å². The predicted molar refractivity (Wildman–Crippen MR) is 123 cm³/mol. The van der Waals surface area contributed by atoms with Gasteiger partial charge in [0.1, 0.15) is 12.6 Å². The Hall–Kier alpha value is -1.39. The van der Waals surface area contributed by atoms with Gasteiger partial charge in [0.2, 0.25) is 0 Å². The second-order valence-electron chi connectivity index (χ2n) is 10.4. The lowest BCUT2D eigenvalue weighted by molar-refractivity contribution is -0.893. The zero-order valence-electron chi connectivity index (χ0n) is 23.1. The van der Waals surface area contributed by atoms with Crippen LogP contribution in [0.15, 0.2) is 0 Å². The number of halogens is 15. The summed E-state index contributed by atoms with van der Waals surface area (Å²) in [5.74, 6) is -44.5. The van der Waals surface area contributed by atoms with Gasteiger partial charge in [0.15, 0.2) is 0 Å². The fourth-order valence-corrected chi connectivity index (χ4v) is 5.88. The van der Waals surface area contributed by atoms with Gasteiger partial charge in [-0.25, -0.2) is 8.42 Å². The lowest BCUT2D eigenvalue weighted by atomic mass is 9.94. The Kier molecular flexibility index (Phi) is 13.4. The molecule has 0 saturated carbocycles. The number of aliphatic hydroxyl groups excluding tert-OH is 3. The van der Waals surface area contributed by atoms with Crippen LogP contribution in [0.4, 0.5) is 65.9 Å². The van der Waals surface area contributed by atoms with Crippen LogP contribution in [0, 0.1) is 0 Å². The average Bonchev–Trinajstić information content (AvgIpc) is 2.85. The van der Waals surface area contributed by atoms with Crippen LogP contribution >= 0.6 is 0 Å². The quantitative estimate of drug-likeness (QED) is 0.0891. The fraction of sp³-hybridized carbons (Fsp3) is 1.00. The van der Waals surface area contributed by atoms with Crippen molar-refractivity contribution in [2.75, 3.05) is 52.7 Å². The average molecular weight is 762 g/mol. The van der Waals surface area contributed by atoms with Crippen molar-refractivity contribution < 1.29 is 107 Å². The van der Waals surface area contributed by atoms with Crippen LogP contribution in [-0.2, 0) is 20.1 Å². The summed E-state index contributed by atoms with van der Waals surface area (Å²) in [5, 5.41) is 20.3. The summed E-state index contributed by atoms with van der Waals surface area (Å²) in [7, 11) is -10.5. The van der Waals surface area contributed by atoms with Gasteiger partial charge in [0, 0.05) is 13.0 Å². The second kappa shape index (κ2) is 13.9. The highest BCUT2D eigenvalue weighted by Crippen LogP contribution is 2.63. The first-order chi connectivity index (χ1) is 20.0. The Morgan fingerprint density at radius 3 is 1.48 bits per heavy atom. The van der Waals surface area contributed by atoms with Crippen LogP contribution in [0.3, 0.4) is 0 Å². The molecular weight excluding hydrogens is 733 g/mol. The molecule has 10 nitrogen and oxygen atoms in total. The van der Waals surface area contributed by atoms with E-state index in [0.29, 0.717) is 0 Å². The Bertz CT molecular complexity index is 1250. The number of sulfonamides is 1. The largest absolute Gasteiger partial charge is 0.460 e. The summed E-state index contributed by atoms with van der Waals surface area (Å²) in [6.07, 6.45) is -11.8. The van der Waals surface area contributed by atoms with Crippen molar-refractivity contribution in [1.29, 1.82) is 0 Å². The summed E-state index contributed by atoms with van der Waals surface area (Å²) in [4.78, 5) is 0. The van der Waals surface area contributed by atoms with Crippen molar-refractivity contribution in [3.05, 3.63) is 0 Å². The number of aliphatic hydroxyl groups is 3. The molecule has 4 N–H and O–H groups in total. The summed E-state index contributed by atoms with van der Waals surface area (Å²) in [6.45, 7) is -5.54. The molecule has 0 radical (unpaired) electrons. The number of hydrogen-bond acceptors (Lipinski definition) is 7. The molecule has 0 aromatic rings. The minimum Gasteiger partial charge on any atom is -0.395 e. The van der Waals surface area contributed by atoms with E-state index in [1.54, 1.807) is 0 Å². The predicted octanol–water partition coefficient (Wildman–Crippen LogP) is 2.41. The second-order valence-corrected chi connectivity index (χ2v) is 13.9. The molecule has 0 spiro atoms. The zero-order chi connectivity index (χ0) is 37.4. The number of likely N-dealkylation sites (N-methyl/N-ethyl adjacent to an activating group) is 1. The van der Waals surface area contributed by atoms with E-state index in [1.165, 1.54) is 14.1 Å². The third-order valence-corrected chi connectivity index (χ3v) is 9.12. The fourth-order valence-electron chi connectivity index (χ4n) is 3.71. The number of nitrogens with zero attached hydrogens (tertiary/aromatic N) is 2. The Morgan fingerprint density at radius 1 is 0.696 bits per heavy atom. The van der Waals surface area contributed by atoms with Crippen molar-refractivity contribution in [2.45, 2.75) is 66.0 Å². The van der Waals surface area contributed by atoms with E-state index in [-0.39, 0.29) is 0 Å². The van der Waals surface area contributed by atoms with E-state index in [1.807, 2.05) is 0 Å². The first-order valence-electron chi connectivity index (χ1n) is 12.0. The third-order valence-electron chi connectivity index (χ3n) is 6.31. The Labute approximate surface area is 250 Å². The molecular formula is C19H28F15N2O8S2+. The molecule has 2 unspecified atom stereocenters. The molecule has 0 aliphatic carbocycles. The van der Waals surface area contributed by atoms with Gasteiger partial charge in [-0.15, -0.1) is 0 Å². The third kappa shape index (κ3) is 8.42. The molecule has 0 heterocycles. The molecule has 0 aliphatic heterocycles. The molecule has 0 fully saturated rings. The van der Waals surface area contributed by atoms with Crippen molar-refractivity contribution in [2.24, 2.45) is 0 Å². The molecule has 27 heteroatoms. The SMILES string of the molecule is C[N+](C)(CCC(CO)N(CCCS(=O)(=O)O)S(=O)(=O)C(F)(F)C(F)(F)C(F)(F)C(F)(F)C(F)(F)C(F)(F)C(F)(F)F)CC(O)CO. The summed E-state index contributed by atoms with van der Waals surface area (Å²) < 4.78 is 259. The maximum absolute atomic E-state index is 14.9. The van der Waals surface area contributed by atoms with Crippen LogP contribution in [-0.4, -0.2) is 151 Å². The Balaban J connectivity index is 7.14. The molecule has 2 atom stereocenters. The van der Waals surface area contributed by atoms with E-state index < -0.39 is 134 Å². The minimum atomic E-state index is -8.78. The smallest absolute Gasteiger partial charge is 0.395 e.